The van der Waals surface area contributed by atoms with Crippen LogP contribution < -0.4 is 10.6 Å². The van der Waals surface area contributed by atoms with E-state index in [0.29, 0.717) is 16.5 Å². The number of hydrogen-bond acceptors (Lipinski definition) is 5. The summed E-state index contributed by atoms with van der Waals surface area (Å²) in [4.78, 5) is 28.3. The Morgan fingerprint density at radius 3 is 2.73 bits per heavy atom. The topological polar surface area (TPSA) is 80.3 Å². The van der Waals surface area contributed by atoms with Gasteiger partial charge in [-0.05, 0) is 31.5 Å². The number of thiazole rings is 1. The summed E-state index contributed by atoms with van der Waals surface area (Å²) in [5.41, 5.74) is 2.48. The lowest BCUT2D eigenvalue weighted by Crippen LogP contribution is -2.19. The van der Waals surface area contributed by atoms with Crippen LogP contribution in [0.4, 0.5) is 15.6 Å². The van der Waals surface area contributed by atoms with Crippen LogP contribution in [-0.4, -0.2) is 24.1 Å². The second-order valence-corrected chi connectivity index (χ2v) is 5.81. The second kappa shape index (κ2) is 7.04. The van der Waals surface area contributed by atoms with E-state index in [4.69, 9.17) is 0 Å². The molecule has 116 valence electrons. The van der Waals surface area contributed by atoms with Crippen molar-refractivity contribution >= 4 is 34.2 Å². The zero-order valence-electron chi connectivity index (χ0n) is 12.6. The van der Waals surface area contributed by atoms with Crippen LogP contribution in [-0.2, 0) is 16.0 Å². The highest BCUT2D eigenvalue weighted by Gasteiger charge is 2.13. The summed E-state index contributed by atoms with van der Waals surface area (Å²) in [7, 11) is 1.34. The number of amides is 2. The first-order valence-electron chi connectivity index (χ1n) is 6.65. The Morgan fingerprint density at radius 2 is 2.05 bits per heavy atom. The van der Waals surface area contributed by atoms with Crippen LogP contribution in [0.3, 0.4) is 0 Å². The van der Waals surface area contributed by atoms with Gasteiger partial charge in [0, 0.05) is 10.6 Å². The highest BCUT2D eigenvalue weighted by atomic mass is 32.1. The maximum absolute atomic E-state index is 11.9. The molecule has 2 rings (SSSR count). The minimum atomic E-state index is -0.371. The number of nitrogens with one attached hydrogen (secondary N) is 2. The highest BCUT2D eigenvalue weighted by molar-refractivity contribution is 7.16. The van der Waals surface area contributed by atoms with Crippen molar-refractivity contribution in [1.29, 1.82) is 0 Å². The summed E-state index contributed by atoms with van der Waals surface area (Å²) < 4.78 is 4.63. The number of benzene rings is 1. The predicted octanol–water partition coefficient (Wildman–Crippen LogP) is 3.12. The first-order chi connectivity index (χ1) is 10.5. The maximum atomic E-state index is 11.9. The van der Waals surface area contributed by atoms with Crippen molar-refractivity contribution in [3.8, 4) is 0 Å². The number of aromatic nitrogens is 1. The summed E-state index contributed by atoms with van der Waals surface area (Å²) in [6.45, 7) is 3.74. The highest BCUT2D eigenvalue weighted by Crippen LogP contribution is 2.23. The molecule has 6 nitrogen and oxygen atoms in total. The monoisotopic (exact) mass is 319 g/mol. The zero-order valence-corrected chi connectivity index (χ0v) is 13.4. The largest absolute Gasteiger partial charge is 0.469 e. The third-order valence-electron chi connectivity index (χ3n) is 2.92. The lowest BCUT2D eigenvalue weighted by Gasteiger charge is -2.05. The Kier molecular flexibility index (Phi) is 5.11. The molecule has 2 N–H and O–H groups in total. The van der Waals surface area contributed by atoms with Gasteiger partial charge in [-0.3, -0.25) is 10.1 Å². The second-order valence-electron chi connectivity index (χ2n) is 4.73. The minimum absolute atomic E-state index is 0.154. The van der Waals surface area contributed by atoms with E-state index >= 15 is 0 Å². The van der Waals surface area contributed by atoms with Crippen LogP contribution in [0.25, 0.3) is 0 Å². The Bertz CT molecular complexity index is 697. The molecule has 1 aromatic carbocycles. The summed E-state index contributed by atoms with van der Waals surface area (Å²) in [5.74, 6) is -0.331. The smallest absolute Gasteiger partial charge is 0.325 e. The molecule has 0 radical (unpaired) electrons. The fraction of sp³-hybridized carbons (Fsp3) is 0.267. The number of ether oxygens (including phenoxy) is 1. The van der Waals surface area contributed by atoms with Crippen molar-refractivity contribution in [2.24, 2.45) is 0 Å². The quantitative estimate of drug-likeness (QED) is 0.849. The Hall–Kier alpha value is -2.41. The van der Waals surface area contributed by atoms with Gasteiger partial charge < -0.3 is 10.1 Å². The number of aryl methyl sites for hydroxylation is 2. The van der Waals surface area contributed by atoms with Crippen LogP contribution in [0, 0.1) is 13.8 Å². The molecule has 2 amide bonds. The summed E-state index contributed by atoms with van der Waals surface area (Å²) in [6.07, 6.45) is 0.154. The number of hydrogen-bond donors (Lipinski definition) is 2. The standard InChI is InChI=1S/C15H17N3O3S/c1-9-5-4-6-11(7-9)17-14(20)18-15-16-10(2)12(22-15)8-13(19)21-3/h4-7H,8H2,1-3H3,(H2,16,17,18,20). The molecule has 0 aliphatic heterocycles. The van der Waals surface area contributed by atoms with Gasteiger partial charge in [0.15, 0.2) is 5.13 Å². The molecule has 0 bridgehead atoms. The SMILES string of the molecule is COC(=O)Cc1sc(NC(=O)Nc2cccc(C)c2)nc1C. The van der Waals surface area contributed by atoms with Crippen molar-refractivity contribution in [2.75, 3.05) is 17.7 Å². The summed E-state index contributed by atoms with van der Waals surface area (Å²) >= 11 is 1.26. The molecule has 0 fully saturated rings. The number of carbonyl (C=O) groups is 2. The number of anilines is 2. The van der Waals surface area contributed by atoms with Crippen LogP contribution in [0.2, 0.25) is 0 Å². The molecule has 1 aromatic heterocycles. The lowest BCUT2D eigenvalue weighted by molar-refractivity contribution is -0.139. The van der Waals surface area contributed by atoms with E-state index in [1.165, 1.54) is 18.4 Å². The van der Waals surface area contributed by atoms with Crippen LogP contribution in [0.15, 0.2) is 24.3 Å². The Morgan fingerprint density at radius 1 is 1.27 bits per heavy atom. The molecule has 0 aliphatic rings. The average Bonchev–Trinajstić information content (AvgIpc) is 2.78. The number of nitrogens with zero attached hydrogens (tertiary/aromatic N) is 1. The first kappa shape index (κ1) is 16.0. The number of esters is 1. The van der Waals surface area contributed by atoms with Gasteiger partial charge in [0.1, 0.15) is 0 Å². The van der Waals surface area contributed by atoms with Crippen molar-refractivity contribution in [2.45, 2.75) is 20.3 Å². The fourth-order valence-electron chi connectivity index (χ4n) is 1.83. The van der Waals surface area contributed by atoms with Gasteiger partial charge in [-0.15, -0.1) is 11.3 Å². The van der Waals surface area contributed by atoms with Gasteiger partial charge in [-0.2, -0.15) is 0 Å². The van der Waals surface area contributed by atoms with Gasteiger partial charge in [0.25, 0.3) is 0 Å². The Labute approximate surface area is 132 Å². The van der Waals surface area contributed by atoms with E-state index in [2.05, 4.69) is 20.4 Å². The van der Waals surface area contributed by atoms with E-state index in [-0.39, 0.29) is 18.4 Å². The van der Waals surface area contributed by atoms with Crippen LogP contribution in [0.1, 0.15) is 16.1 Å². The van der Waals surface area contributed by atoms with Gasteiger partial charge in [0.05, 0.1) is 19.2 Å². The number of carbonyl (C=O) groups excluding carboxylic acids is 2. The van der Waals surface area contributed by atoms with Crippen LogP contribution in [0.5, 0.6) is 0 Å². The normalized spacial score (nSPS) is 10.1. The van der Waals surface area contributed by atoms with Gasteiger partial charge >= 0.3 is 12.0 Å². The van der Waals surface area contributed by atoms with E-state index < -0.39 is 0 Å². The molecule has 0 saturated carbocycles. The van der Waals surface area contributed by atoms with E-state index in [9.17, 15) is 9.59 Å². The molecule has 0 spiro atoms. The number of methoxy groups -OCH3 is 1. The van der Waals surface area contributed by atoms with Gasteiger partial charge in [-0.25, -0.2) is 9.78 Å². The van der Waals surface area contributed by atoms with Crippen LogP contribution >= 0.6 is 11.3 Å². The third kappa shape index (κ3) is 4.29. The maximum Gasteiger partial charge on any atom is 0.325 e. The Balaban J connectivity index is 2.00. The molecule has 1 heterocycles. The molecule has 2 aromatic rings. The van der Waals surface area contributed by atoms with Gasteiger partial charge in [0.2, 0.25) is 0 Å². The van der Waals surface area contributed by atoms with Crippen molar-refractivity contribution in [3.05, 3.63) is 40.4 Å². The van der Waals surface area contributed by atoms with Crippen molar-refractivity contribution in [1.82, 2.24) is 4.98 Å². The van der Waals surface area contributed by atoms with Gasteiger partial charge in [-0.1, -0.05) is 12.1 Å². The van der Waals surface area contributed by atoms with Crippen molar-refractivity contribution < 1.29 is 14.3 Å². The molecule has 0 aliphatic carbocycles. The predicted molar refractivity (Wildman–Crippen MR) is 86.4 cm³/mol. The number of rotatable bonds is 4. The molecule has 22 heavy (non-hydrogen) atoms. The summed E-state index contributed by atoms with van der Waals surface area (Å²) in [5, 5.41) is 5.85. The molecule has 0 saturated heterocycles. The minimum Gasteiger partial charge on any atom is -0.469 e. The molecule has 7 heteroatoms. The van der Waals surface area contributed by atoms with E-state index in [1.807, 2.05) is 31.2 Å². The fourth-order valence-corrected chi connectivity index (χ4v) is 2.77. The lowest BCUT2D eigenvalue weighted by atomic mass is 10.2. The molecular weight excluding hydrogens is 302 g/mol. The number of urea groups is 1. The third-order valence-corrected chi connectivity index (χ3v) is 3.99. The average molecular weight is 319 g/mol. The summed E-state index contributed by atoms with van der Waals surface area (Å²) in [6, 6.07) is 7.13. The van der Waals surface area contributed by atoms with E-state index in [0.717, 1.165) is 10.4 Å². The molecular formula is C15H17N3O3S. The molecule has 0 atom stereocenters. The van der Waals surface area contributed by atoms with Crippen molar-refractivity contribution in [3.63, 3.8) is 0 Å². The van der Waals surface area contributed by atoms with E-state index in [1.54, 1.807) is 6.92 Å². The first-order valence-corrected chi connectivity index (χ1v) is 7.47. The molecule has 0 unspecified atom stereocenters. The zero-order chi connectivity index (χ0) is 16.1.